The van der Waals surface area contributed by atoms with Crippen LogP contribution in [0, 0.1) is 0 Å². The number of carbonyl (C=O) groups excluding carboxylic acids is 2. The molecule has 1 heterocycles. The number of rotatable bonds is 3. The maximum absolute atomic E-state index is 14.0. The van der Waals surface area contributed by atoms with E-state index >= 15 is 0 Å². The Morgan fingerprint density at radius 1 is 1.37 bits per heavy atom. The minimum atomic E-state index is -1.68. The van der Waals surface area contributed by atoms with Crippen molar-refractivity contribution in [2.45, 2.75) is 39.0 Å². The number of halogens is 1. The Hall–Kier alpha value is -1.59. The minimum Gasteiger partial charge on any atom is -0.463 e. The highest BCUT2D eigenvalue weighted by Gasteiger charge is 2.45. The predicted molar refractivity (Wildman–Crippen MR) is 67.4 cm³/mol. The van der Waals surface area contributed by atoms with Crippen LogP contribution in [0.1, 0.15) is 27.7 Å². The van der Waals surface area contributed by atoms with Gasteiger partial charge in [-0.2, -0.15) is 0 Å². The van der Waals surface area contributed by atoms with E-state index in [0.717, 1.165) is 12.2 Å². The van der Waals surface area contributed by atoms with Crippen molar-refractivity contribution in [3.05, 3.63) is 12.2 Å². The van der Waals surface area contributed by atoms with Gasteiger partial charge in [-0.15, -0.1) is 0 Å². The average molecular weight is 273 g/mol. The van der Waals surface area contributed by atoms with Crippen molar-refractivity contribution in [3.63, 3.8) is 0 Å². The van der Waals surface area contributed by atoms with Gasteiger partial charge >= 0.3 is 12.1 Å². The SMILES string of the molecule is CCOC(=O)C=CC1(F)CN(C(=O)OC(C)(C)C)C1. The molecule has 1 aliphatic heterocycles. The second-order valence-corrected chi connectivity index (χ2v) is 5.46. The molecule has 1 amide bonds. The molecule has 1 aliphatic rings. The van der Waals surface area contributed by atoms with Crippen molar-refractivity contribution < 1.29 is 23.5 Å². The lowest BCUT2D eigenvalue weighted by Gasteiger charge is -2.42. The van der Waals surface area contributed by atoms with Crippen LogP contribution in [0.15, 0.2) is 12.2 Å². The monoisotopic (exact) mass is 273 g/mol. The highest BCUT2D eigenvalue weighted by Crippen LogP contribution is 2.28. The molecule has 0 aromatic carbocycles. The van der Waals surface area contributed by atoms with Crippen molar-refractivity contribution in [3.8, 4) is 0 Å². The summed E-state index contributed by atoms with van der Waals surface area (Å²) in [5.74, 6) is -0.588. The minimum absolute atomic E-state index is 0.113. The van der Waals surface area contributed by atoms with Crippen molar-refractivity contribution in [1.82, 2.24) is 4.90 Å². The lowest BCUT2D eigenvalue weighted by atomic mass is 9.96. The first-order valence-corrected chi connectivity index (χ1v) is 6.18. The summed E-state index contributed by atoms with van der Waals surface area (Å²) in [4.78, 5) is 23.9. The van der Waals surface area contributed by atoms with Gasteiger partial charge in [0.25, 0.3) is 0 Å². The van der Waals surface area contributed by atoms with Gasteiger partial charge in [0.05, 0.1) is 19.7 Å². The first kappa shape index (κ1) is 15.5. The molecule has 0 aliphatic carbocycles. The van der Waals surface area contributed by atoms with Gasteiger partial charge in [0.15, 0.2) is 5.67 Å². The normalized spacial score (nSPS) is 18.1. The van der Waals surface area contributed by atoms with Gasteiger partial charge in [-0.1, -0.05) is 0 Å². The van der Waals surface area contributed by atoms with Crippen molar-refractivity contribution in [2.24, 2.45) is 0 Å². The number of esters is 1. The number of ether oxygens (including phenoxy) is 2. The highest BCUT2D eigenvalue weighted by atomic mass is 19.1. The summed E-state index contributed by atoms with van der Waals surface area (Å²) in [6.45, 7) is 6.92. The topological polar surface area (TPSA) is 55.8 Å². The van der Waals surface area contributed by atoms with Crippen LogP contribution in [0.3, 0.4) is 0 Å². The molecule has 0 atom stereocenters. The summed E-state index contributed by atoms with van der Waals surface area (Å²) in [6.07, 6.45) is 1.63. The Bertz CT molecular complexity index is 381. The predicted octanol–water partition coefficient (Wildman–Crippen LogP) is 2.06. The van der Waals surface area contributed by atoms with E-state index < -0.39 is 23.3 Å². The average Bonchev–Trinajstić information content (AvgIpc) is 2.20. The lowest BCUT2D eigenvalue weighted by Crippen LogP contribution is -2.60. The zero-order chi connectivity index (χ0) is 14.7. The van der Waals surface area contributed by atoms with E-state index in [9.17, 15) is 14.0 Å². The lowest BCUT2D eigenvalue weighted by molar-refractivity contribution is -0.137. The van der Waals surface area contributed by atoms with E-state index in [1.807, 2.05) is 0 Å². The molecule has 6 heteroatoms. The van der Waals surface area contributed by atoms with Crippen LogP contribution in [0.5, 0.6) is 0 Å². The number of nitrogens with zero attached hydrogens (tertiary/aromatic N) is 1. The smallest absolute Gasteiger partial charge is 0.410 e. The van der Waals surface area contributed by atoms with Crippen LogP contribution < -0.4 is 0 Å². The van der Waals surface area contributed by atoms with Crippen LogP contribution in [-0.2, 0) is 14.3 Å². The van der Waals surface area contributed by atoms with Gasteiger partial charge in [0, 0.05) is 6.08 Å². The first-order valence-electron chi connectivity index (χ1n) is 6.18. The van der Waals surface area contributed by atoms with Crippen molar-refractivity contribution >= 4 is 12.1 Å². The molecule has 1 saturated heterocycles. The molecule has 0 spiro atoms. The van der Waals surface area contributed by atoms with Gasteiger partial charge in [0.1, 0.15) is 5.60 Å². The van der Waals surface area contributed by atoms with E-state index in [0.29, 0.717) is 0 Å². The zero-order valence-corrected chi connectivity index (χ0v) is 11.7. The molecule has 19 heavy (non-hydrogen) atoms. The Morgan fingerprint density at radius 3 is 2.42 bits per heavy atom. The van der Waals surface area contributed by atoms with Crippen molar-refractivity contribution in [2.75, 3.05) is 19.7 Å². The number of alkyl halides is 1. The van der Waals surface area contributed by atoms with E-state index in [2.05, 4.69) is 4.74 Å². The molecule has 0 N–H and O–H groups in total. The van der Waals surface area contributed by atoms with E-state index in [-0.39, 0.29) is 19.7 Å². The van der Waals surface area contributed by atoms with Gasteiger partial charge in [0.2, 0.25) is 0 Å². The molecular formula is C13H20FNO4. The maximum Gasteiger partial charge on any atom is 0.410 e. The van der Waals surface area contributed by atoms with E-state index in [4.69, 9.17) is 4.74 Å². The fraction of sp³-hybridized carbons (Fsp3) is 0.692. The van der Waals surface area contributed by atoms with E-state index in [1.54, 1.807) is 27.7 Å². The molecular weight excluding hydrogens is 253 g/mol. The van der Waals surface area contributed by atoms with Gasteiger partial charge in [-0.05, 0) is 33.8 Å². The second-order valence-electron chi connectivity index (χ2n) is 5.46. The summed E-state index contributed by atoms with van der Waals surface area (Å²) in [7, 11) is 0. The zero-order valence-electron chi connectivity index (χ0n) is 11.7. The third-order valence-electron chi connectivity index (χ3n) is 2.36. The summed E-state index contributed by atoms with van der Waals surface area (Å²) >= 11 is 0. The fourth-order valence-corrected chi connectivity index (χ4v) is 1.56. The summed E-state index contributed by atoms with van der Waals surface area (Å²) < 4.78 is 23.8. The molecule has 5 nitrogen and oxygen atoms in total. The number of carbonyl (C=O) groups is 2. The van der Waals surface area contributed by atoms with Crippen LogP contribution in [0.4, 0.5) is 9.18 Å². The number of likely N-dealkylation sites (tertiary alicyclic amines) is 1. The fourth-order valence-electron chi connectivity index (χ4n) is 1.56. The van der Waals surface area contributed by atoms with E-state index in [1.165, 1.54) is 4.90 Å². The molecule has 1 rings (SSSR count). The van der Waals surface area contributed by atoms with Crippen LogP contribution >= 0.6 is 0 Å². The third kappa shape index (κ3) is 4.89. The Labute approximate surface area is 112 Å². The molecule has 0 saturated carbocycles. The maximum atomic E-state index is 14.0. The molecule has 0 unspecified atom stereocenters. The number of amides is 1. The molecule has 0 aromatic rings. The first-order chi connectivity index (χ1) is 8.65. The van der Waals surface area contributed by atoms with Crippen LogP contribution in [0.25, 0.3) is 0 Å². The number of hydrogen-bond donors (Lipinski definition) is 0. The van der Waals surface area contributed by atoms with Crippen molar-refractivity contribution in [1.29, 1.82) is 0 Å². The highest BCUT2D eigenvalue weighted by molar-refractivity contribution is 5.82. The molecule has 0 radical (unpaired) electrons. The molecule has 108 valence electrons. The summed E-state index contributed by atoms with van der Waals surface area (Å²) in [5, 5.41) is 0. The largest absolute Gasteiger partial charge is 0.463 e. The standard InChI is InChI=1S/C13H20FNO4/c1-5-18-10(16)6-7-13(14)8-15(9-13)11(17)19-12(2,3)4/h6-7H,5,8-9H2,1-4H3. The Kier molecular flexibility index (Phi) is 4.55. The van der Waals surface area contributed by atoms with Crippen LogP contribution in [0.2, 0.25) is 0 Å². The van der Waals surface area contributed by atoms with Gasteiger partial charge in [-0.3, -0.25) is 0 Å². The Balaban J connectivity index is 2.43. The third-order valence-corrected chi connectivity index (χ3v) is 2.36. The summed E-state index contributed by atoms with van der Waals surface area (Å²) in [5.41, 5.74) is -2.28. The quantitative estimate of drug-likeness (QED) is 0.583. The van der Waals surface area contributed by atoms with Crippen LogP contribution in [-0.4, -0.2) is 47.9 Å². The molecule has 0 aromatic heterocycles. The van der Waals surface area contributed by atoms with Gasteiger partial charge in [-0.25, -0.2) is 14.0 Å². The Morgan fingerprint density at radius 2 is 1.95 bits per heavy atom. The number of hydrogen-bond acceptors (Lipinski definition) is 4. The summed E-state index contributed by atoms with van der Waals surface area (Å²) in [6, 6.07) is 0. The molecule has 1 fully saturated rings. The second kappa shape index (κ2) is 5.59. The molecule has 0 bridgehead atoms. The van der Waals surface area contributed by atoms with Gasteiger partial charge < -0.3 is 14.4 Å².